The van der Waals surface area contributed by atoms with Crippen molar-refractivity contribution < 1.29 is 0 Å². The first-order valence-corrected chi connectivity index (χ1v) is 11.5. The summed E-state index contributed by atoms with van der Waals surface area (Å²) in [5.41, 5.74) is 3.66. The van der Waals surface area contributed by atoms with E-state index in [4.69, 9.17) is 10.1 Å². The number of rotatable bonds is 7. The molecule has 0 saturated heterocycles. The smallest absolute Gasteiger partial charge is 0.223 e. The highest BCUT2D eigenvalue weighted by Gasteiger charge is 2.29. The van der Waals surface area contributed by atoms with Crippen LogP contribution in [0, 0.1) is 11.8 Å². The van der Waals surface area contributed by atoms with Gasteiger partial charge in [0.2, 0.25) is 5.95 Å². The highest BCUT2D eigenvalue weighted by Crippen LogP contribution is 2.38. The van der Waals surface area contributed by atoms with Crippen LogP contribution in [0.25, 0.3) is 11.3 Å². The zero-order chi connectivity index (χ0) is 18.8. The minimum absolute atomic E-state index is 0.591. The van der Waals surface area contributed by atoms with E-state index in [1.165, 1.54) is 81.9 Å². The molecule has 5 heteroatoms. The summed E-state index contributed by atoms with van der Waals surface area (Å²) in [6, 6.07) is 2.64. The molecule has 3 fully saturated rings. The van der Waals surface area contributed by atoms with E-state index >= 15 is 0 Å². The van der Waals surface area contributed by atoms with Gasteiger partial charge in [0.1, 0.15) is 0 Å². The van der Waals surface area contributed by atoms with Crippen molar-refractivity contribution in [3.8, 4) is 11.3 Å². The van der Waals surface area contributed by atoms with Crippen LogP contribution < -0.4 is 5.32 Å². The maximum absolute atomic E-state index is 4.88. The van der Waals surface area contributed by atoms with Gasteiger partial charge in [0.15, 0.2) is 0 Å². The van der Waals surface area contributed by atoms with Crippen molar-refractivity contribution in [3.63, 3.8) is 0 Å². The molecule has 0 unspecified atom stereocenters. The Hall–Kier alpha value is -1.91. The molecule has 3 aliphatic carbocycles. The van der Waals surface area contributed by atoms with Gasteiger partial charge in [-0.25, -0.2) is 9.97 Å². The van der Waals surface area contributed by atoms with E-state index in [0.29, 0.717) is 6.04 Å². The Morgan fingerprint density at radius 2 is 1.71 bits per heavy atom. The lowest BCUT2D eigenvalue weighted by Crippen LogP contribution is -2.18. The first-order chi connectivity index (χ1) is 13.9. The molecule has 3 saturated carbocycles. The number of nitrogens with one attached hydrogen (secondary N) is 1. The van der Waals surface area contributed by atoms with E-state index in [1.54, 1.807) is 0 Å². The van der Waals surface area contributed by atoms with Crippen LogP contribution >= 0.6 is 0 Å². The summed E-state index contributed by atoms with van der Waals surface area (Å²) in [6.45, 7) is 1.000. The van der Waals surface area contributed by atoms with Crippen molar-refractivity contribution >= 4 is 5.95 Å². The molecular formula is C23H33N5. The number of anilines is 1. The third-order valence-corrected chi connectivity index (χ3v) is 6.95. The van der Waals surface area contributed by atoms with Crippen molar-refractivity contribution in [3.05, 3.63) is 24.2 Å². The van der Waals surface area contributed by atoms with Gasteiger partial charge in [-0.2, -0.15) is 5.10 Å². The maximum Gasteiger partial charge on any atom is 0.223 e. The lowest BCUT2D eigenvalue weighted by molar-refractivity contribution is 0.373. The summed E-state index contributed by atoms with van der Waals surface area (Å²) in [5, 5.41) is 8.35. The molecule has 0 aromatic carbocycles. The Labute approximate surface area is 168 Å². The van der Waals surface area contributed by atoms with Crippen molar-refractivity contribution in [1.29, 1.82) is 0 Å². The van der Waals surface area contributed by atoms with E-state index in [1.807, 2.05) is 6.20 Å². The molecule has 28 heavy (non-hydrogen) atoms. The van der Waals surface area contributed by atoms with E-state index in [0.717, 1.165) is 36.4 Å². The van der Waals surface area contributed by atoms with Crippen LogP contribution in [-0.4, -0.2) is 26.3 Å². The number of hydrogen-bond acceptors (Lipinski definition) is 4. The average Bonchev–Trinajstić information content (AvgIpc) is 3.22. The topological polar surface area (TPSA) is 55.6 Å². The Kier molecular flexibility index (Phi) is 5.32. The normalized spacial score (nSPS) is 21.3. The molecule has 150 valence electrons. The van der Waals surface area contributed by atoms with Gasteiger partial charge in [0.25, 0.3) is 0 Å². The Balaban J connectivity index is 1.36. The van der Waals surface area contributed by atoms with Gasteiger partial charge in [-0.05, 0) is 62.8 Å². The van der Waals surface area contributed by atoms with Crippen LogP contribution in [0.15, 0.2) is 18.5 Å². The van der Waals surface area contributed by atoms with Crippen LogP contribution in [0.3, 0.4) is 0 Å². The quantitative estimate of drug-likeness (QED) is 0.700. The van der Waals surface area contributed by atoms with Gasteiger partial charge >= 0.3 is 0 Å². The van der Waals surface area contributed by atoms with E-state index in [-0.39, 0.29) is 0 Å². The molecule has 2 heterocycles. The highest BCUT2D eigenvalue weighted by molar-refractivity contribution is 5.62. The summed E-state index contributed by atoms with van der Waals surface area (Å²) in [5.74, 6) is 2.40. The summed E-state index contributed by atoms with van der Waals surface area (Å²) in [6.07, 6.45) is 19.9. The molecule has 5 rings (SSSR count). The van der Waals surface area contributed by atoms with Crippen molar-refractivity contribution in [2.24, 2.45) is 11.8 Å². The molecule has 0 amide bonds. The fraction of sp³-hybridized carbons (Fsp3) is 0.696. The zero-order valence-corrected chi connectivity index (χ0v) is 16.9. The molecule has 0 aliphatic heterocycles. The molecule has 2 aromatic rings. The predicted molar refractivity (Wildman–Crippen MR) is 112 cm³/mol. The highest BCUT2D eigenvalue weighted by atomic mass is 15.3. The Bertz CT molecular complexity index is 782. The van der Waals surface area contributed by atoms with Crippen LogP contribution in [0.2, 0.25) is 0 Å². The lowest BCUT2D eigenvalue weighted by atomic mass is 9.89. The van der Waals surface area contributed by atoms with Gasteiger partial charge in [0.05, 0.1) is 17.9 Å². The first-order valence-electron chi connectivity index (χ1n) is 11.5. The first kappa shape index (κ1) is 18.1. The number of aromatic nitrogens is 4. The number of hydrogen-bond donors (Lipinski definition) is 1. The summed E-state index contributed by atoms with van der Waals surface area (Å²) in [7, 11) is 0. The summed E-state index contributed by atoms with van der Waals surface area (Å²) < 4.78 is 2.35. The van der Waals surface area contributed by atoms with Crippen LogP contribution in [-0.2, 0) is 6.42 Å². The minimum atomic E-state index is 0.591. The lowest BCUT2D eigenvalue weighted by Gasteiger charge is -2.21. The largest absolute Gasteiger partial charge is 0.354 e. The van der Waals surface area contributed by atoms with E-state index < -0.39 is 0 Å². The predicted octanol–water partition coefficient (Wildman–Crippen LogP) is 5.40. The molecule has 2 aromatic heterocycles. The zero-order valence-electron chi connectivity index (χ0n) is 16.9. The Morgan fingerprint density at radius 3 is 2.50 bits per heavy atom. The summed E-state index contributed by atoms with van der Waals surface area (Å²) >= 11 is 0. The molecule has 0 bridgehead atoms. The van der Waals surface area contributed by atoms with Crippen molar-refractivity contribution in [2.75, 3.05) is 11.9 Å². The minimum Gasteiger partial charge on any atom is -0.354 e. The second kappa shape index (κ2) is 8.22. The van der Waals surface area contributed by atoms with Gasteiger partial charge in [-0.1, -0.05) is 32.1 Å². The van der Waals surface area contributed by atoms with Gasteiger partial charge < -0.3 is 5.32 Å². The Morgan fingerprint density at radius 1 is 0.929 bits per heavy atom. The van der Waals surface area contributed by atoms with Crippen LogP contribution in [0.5, 0.6) is 0 Å². The SMILES string of the molecule is c1cc(-c2cnn(C3CCCC3)c2CC2CC2)nc(NCC2CCCCC2)n1. The van der Waals surface area contributed by atoms with Crippen molar-refractivity contribution in [1.82, 2.24) is 19.7 Å². The van der Waals surface area contributed by atoms with Gasteiger partial charge in [-0.3, -0.25) is 4.68 Å². The standard InChI is InChI=1S/C23H33N5/c1-2-6-18(7-3-1)15-25-23-24-13-12-21(27-23)20-16-26-28(19-8-4-5-9-19)22(20)14-17-10-11-17/h12-13,16-19H,1-11,14-15H2,(H,24,25,27). The molecular weight excluding hydrogens is 346 g/mol. The molecule has 5 nitrogen and oxygen atoms in total. The number of nitrogens with zero attached hydrogens (tertiary/aromatic N) is 4. The molecule has 3 aliphatic rings. The molecule has 0 radical (unpaired) electrons. The fourth-order valence-electron chi connectivity index (χ4n) is 5.08. The molecule has 0 spiro atoms. The average molecular weight is 380 g/mol. The fourth-order valence-corrected chi connectivity index (χ4v) is 5.08. The second-order valence-electron chi connectivity index (χ2n) is 9.19. The summed E-state index contributed by atoms with van der Waals surface area (Å²) in [4.78, 5) is 9.37. The molecule has 1 N–H and O–H groups in total. The molecule has 0 atom stereocenters. The third kappa shape index (κ3) is 4.08. The van der Waals surface area contributed by atoms with E-state index in [2.05, 4.69) is 27.2 Å². The van der Waals surface area contributed by atoms with Crippen LogP contribution in [0.4, 0.5) is 5.95 Å². The van der Waals surface area contributed by atoms with Crippen LogP contribution in [0.1, 0.15) is 82.4 Å². The van der Waals surface area contributed by atoms with Gasteiger partial charge in [0, 0.05) is 24.0 Å². The monoisotopic (exact) mass is 379 g/mol. The maximum atomic E-state index is 4.88. The second-order valence-corrected chi connectivity index (χ2v) is 9.19. The van der Waals surface area contributed by atoms with Crippen molar-refractivity contribution in [2.45, 2.75) is 83.1 Å². The third-order valence-electron chi connectivity index (χ3n) is 6.95. The van der Waals surface area contributed by atoms with Gasteiger partial charge in [-0.15, -0.1) is 0 Å². The van der Waals surface area contributed by atoms with E-state index in [9.17, 15) is 0 Å².